The van der Waals surface area contributed by atoms with Crippen LogP contribution in [-0.4, -0.2) is 30.7 Å². The van der Waals surface area contributed by atoms with E-state index in [2.05, 4.69) is 33.9 Å². The molecule has 5 aromatic rings. The lowest BCUT2D eigenvalue weighted by Crippen LogP contribution is -2.23. The van der Waals surface area contributed by atoms with E-state index in [1.807, 2.05) is 48.5 Å². The van der Waals surface area contributed by atoms with E-state index in [0.29, 0.717) is 13.1 Å². The molecule has 0 spiro atoms. The van der Waals surface area contributed by atoms with Crippen molar-refractivity contribution in [2.75, 3.05) is 0 Å². The summed E-state index contributed by atoms with van der Waals surface area (Å²) in [5.41, 5.74) is 3.78. The molecule has 28 heavy (non-hydrogen) atoms. The number of aliphatic hydroxyl groups is 2. The minimum absolute atomic E-state index is 0.109. The highest BCUT2D eigenvalue weighted by Gasteiger charge is 2.16. The maximum absolute atomic E-state index is 10.9. The van der Waals surface area contributed by atoms with Crippen LogP contribution in [0, 0.1) is 0 Å². The Balaban J connectivity index is 1.52. The summed E-state index contributed by atoms with van der Waals surface area (Å²) < 4.78 is 3.89. The Morgan fingerprint density at radius 3 is 1.96 bits per heavy atom. The summed E-state index contributed by atoms with van der Waals surface area (Å²) in [5.74, 6) is 0. The van der Waals surface area contributed by atoms with Gasteiger partial charge in [-0.25, -0.2) is 0 Å². The van der Waals surface area contributed by atoms with E-state index in [9.17, 15) is 10.2 Å². The van der Waals surface area contributed by atoms with Crippen LogP contribution < -0.4 is 0 Å². The number of aliphatic hydroxyl groups excluding tert-OH is 2. The van der Waals surface area contributed by atoms with Crippen LogP contribution in [-0.2, 0) is 19.7 Å². The lowest BCUT2D eigenvalue weighted by molar-refractivity contribution is 0.129. The molecule has 3 aromatic carbocycles. The van der Waals surface area contributed by atoms with Crippen molar-refractivity contribution in [3.63, 3.8) is 0 Å². The zero-order valence-electron chi connectivity index (χ0n) is 15.4. The first-order valence-corrected chi connectivity index (χ1v) is 9.45. The summed E-state index contributed by atoms with van der Waals surface area (Å²) in [4.78, 5) is 0. The van der Waals surface area contributed by atoms with E-state index in [1.165, 1.54) is 10.8 Å². The first kappa shape index (κ1) is 17.0. The molecule has 2 aromatic heterocycles. The normalized spacial score (nSPS) is 12.9. The average Bonchev–Trinajstić information content (AvgIpc) is 3.23. The quantitative estimate of drug-likeness (QED) is 0.495. The van der Waals surface area contributed by atoms with Crippen LogP contribution in [0.15, 0.2) is 72.8 Å². The van der Waals surface area contributed by atoms with Crippen molar-refractivity contribution in [3.8, 4) is 0 Å². The number of hydrogen-bond acceptors (Lipinski definition) is 3. The third kappa shape index (κ3) is 2.68. The van der Waals surface area contributed by atoms with Gasteiger partial charge in [-0.05, 0) is 18.2 Å². The third-order valence-corrected chi connectivity index (χ3v) is 5.36. The highest BCUT2D eigenvalue weighted by molar-refractivity contribution is 6.07. The predicted octanol–water partition coefficient (Wildman–Crippen LogP) is 3.70. The molecule has 0 saturated heterocycles. The molecule has 0 aliphatic carbocycles. The first-order chi connectivity index (χ1) is 13.8. The fourth-order valence-corrected chi connectivity index (χ4v) is 4.12. The molecule has 0 bridgehead atoms. The number of nitrogens with zero attached hydrogens (tertiary/aromatic N) is 3. The van der Waals surface area contributed by atoms with Crippen LogP contribution in [0.2, 0.25) is 0 Å². The fraction of sp³-hybridized carbons (Fsp3) is 0.174. The molecule has 5 nitrogen and oxygen atoms in total. The third-order valence-electron chi connectivity index (χ3n) is 5.36. The van der Waals surface area contributed by atoms with Gasteiger partial charge in [0.15, 0.2) is 0 Å². The number of fused-ring (bicyclic) bond motifs is 4. The van der Waals surface area contributed by atoms with Gasteiger partial charge in [0.25, 0.3) is 0 Å². The van der Waals surface area contributed by atoms with E-state index >= 15 is 0 Å². The molecule has 0 radical (unpaired) electrons. The van der Waals surface area contributed by atoms with Crippen LogP contribution in [0.1, 0.15) is 5.69 Å². The molecule has 140 valence electrons. The summed E-state index contributed by atoms with van der Waals surface area (Å²) in [6.45, 7) is 0.670. The molecule has 5 rings (SSSR count). The Kier molecular flexibility index (Phi) is 4.11. The summed E-state index contributed by atoms with van der Waals surface area (Å²) >= 11 is 0. The van der Waals surface area contributed by atoms with Crippen molar-refractivity contribution in [1.29, 1.82) is 0 Å². The Bertz CT molecular complexity index is 1230. The largest absolute Gasteiger partial charge is 0.390 e. The Morgan fingerprint density at radius 2 is 1.32 bits per heavy atom. The minimum Gasteiger partial charge on any atom is -0.390 e. The number of para-hydroxylation sites is 2. The molecule has 1 unspecified atom stereocenters. The second kappa shape index (κ2) is 6.78. The standard InChI is InChI=1S/C23H21N3O2/c27-15-23-19-9-1-4-10-20(19)24-26(23)14-16(28)13-25-21-11-5-2-7-17(21)18-8-3-6-12-22(18)25/h1-12,16,27-28H,13-15H2. The van der Waals surface area contributed by atoms with E-state index in [4.69, 9.17) is 0 Å². The van der Waals surface area contributed by atoms with Gasteiger partial charge in [-0.2, -0.15) is 5.10 Å². The van der Waals surface area contributed by atoms with Gasteiger partial charge in [-0.1, -0.05) is 54.6 Å². The molecule has 0 amide bonds. The van der Waals surface area contributed by atoms with Gasteiger partial charge in [0.2, 0.25) is 0 Å². The Hall–Kier alpha value is -3.15. The number of benzene rings is 3. The minimum atomic E-state index is -0.640. The zero-order chi connectivity index (χ0) is 19.1. The van der Waals surface area contributed by atoms with Gasteiger partial charge < -0.3 is 14.8 Å². The van der Waals surface area contributed by atoms with Crippen molar-refractivity contribution < 1.29 is 10.2 Å². The van der Waals surface area contributed by atoms with Gasteiger partial charge in [0.05, 0.1) is 37.0 Å². The molecule has 5 heteroatoms. The van der Waals surface area contributed by atoms with Gasteiger partial charge in [-0.15, -0.1) is 0 Å². The summed E-state index contributed by atoms with van der Waals surface area (Å²) in [6, 6.07) is 24.3. The summed E-state index contributed by atoms with van der Waals surface area (Å²) in [6.07, 6.45) is -0.640. The molecule has 2 heterocycles. The van der Waals surface area contributed by atoms with Crippen molar-refractivity contribution >= 4 is 32.7 Å². The van der Waals surface area contributed by atoms with Crippen molar-refractivity contribution in [2.24, 2.45) is 0 Å². The molecule has 0 fully saturated rings. The van der Waals surface area contributed by atoms with Crippen LogP contribution in [0.3, 0.4) is 0 Å². The fourth-order valence-electron chi connectivity index (χ4n) is 4.12. The zero-order valence-corrected chi connectivity index (χ0v) is 15.4. The Labute approximate surface area is 162 Å². The van der Waals surface area contributed by atoms with E-state index < -0.39 is 6.10 Å². The van der Waals surface area contributed by atoms with Gasteiger partial charge >= 0.3 is 0 Å². The van der Waals surface area contributed by atoms with Crippen molar-refractivity contribution in [3.05, 3.63) is 78.5 Å². The van der Waals surface area contributed by atoms with Crippen LogP contribution in [0.5, 0.6) is 0 Å². The lowest BCUT2D eigenvalue weighted by Gasteiger charge is -2.15. The van der Waals surface area contributed by atoms with E-state index in [-0.39, 0.29) is 6.61 Å². The molecule has 1 atom stereocenters. The summed E-state index contributed by atoms with van der Waals surface area (Å²) in [7, 11) is 0. The van der Waals surface area contributed by atoms with Crippen molar-refractivity contribution in [1.82, 2.24) is 14.3 Å². The van der Waals surface area contributed by atoms with Crippen LogP contribution in [0.4, 0.5) is 0 Å². The average molecular weight is 371 g/mol. The molecule has 0 saturated carbocycles. The first-order valence-electron chi connectivity index (χ1n) is 9.45. The smallest absolute Gasteiger partial charge is 0.0927 e. The monoisotopic (exact) mass is 371 g/mol. The maximum atomic E-state index is 10.9. The number of rotatable bonds is 5. The van der Waals surface area contributed by atoms with Crippen LogP contribution in [0.25, 0.3) is 32.7 Å². The molecule has 0 aliphatic heterocycles. The highest BCUT2D eigenvalue weighted by atomic mass is 16.3. The topological polar surface area (TPSA) is 63.2 Å². The second-order valence-electron chi connectivity index (χ2n) is 7.10. The highest BCUT2D eigenvalue weighted by Crippen LogP contribution is 2.29. The van der Waals surface area contributed by atoms with Gasteiger partial charge in [0, 0.05) is 27.2 Å². The molecule has 0 aliphatic rings. The van der Waals surface area contributed by atoms with E-state index in [0.717, 1.165) is 27.6 Å². The van der Waals surface area contributed by atoms with E-state index in [1.54, 1.807) is 4.68 Å². The Morgan fingerprint density at radius 1 is 0.750 bits per heavy atom. The lowest BCUT2D eigenvalue weighted by atomic mass is 10.2. The molecule has 2 N–H and O–H groups in total. The SMILES string of the molecule is OCc1c2ccccc2nn1CC(O)Cn1c2ccccc2c2ccccc21. The molecular formula is C23H21N3O2. The number of aromatic nitrogens is 3. The van der Waals surface area contributed by atoms with Gasteiger partial charge in [0.1, 0.15) is 0 Å². The summed E-state index contributed by atoms with van der Waals surface area (Å²) in [5, 5.41) is 28.5. The second-order valence-corrected chi connectivity index (χ2v) is 7.10. The van der Waals surface area contributed by atoms with Crippen molar-refractivity contribution in [2.45, 2.75) is 25.8 Å². The maximum Gasteiger partial charge on any atom is 0.0927 e. The molecular weight excluding hydrogens is 350 g/mol. The van der Waals surface area contributed by atoms with Crippen LogP contribution >= 0.6 is 0 Å². The predicted molar refractivity (Wildman–Crippen MR) is 111 cm³/mol. The van der Waals surface area contributed by atoms with Gasteiger partial charge in [-0.3, -0.25) is 4.68 Å². The number of hydrogen-bond donors (Lipinski definition) is 2.